The van der Waals surface area contributed by atoms with Crippen LogP contribution in [0.3, 0.4) is 0 Å². The maximum atomic E-state index is 5.73. The summed E-state index contributed by atoms with van der Waals surface area (Å²) in [6.07, 6.45) is 5.23. The van der Waals surface area contributed by atoms with Crippen molar-refractivity contribution in [3.05, 3.63) is 30.3 Å². The third-order valence-electron chi connectivity index (χ3n) is 3.71. The van der Waals surface area contributed by atoms with Gasteiger partial charge in [-0.1, -0.05) is 32.0 Å². The predicted molar refractivity (Wildman–Crippen MR) is 76.0 cm³/mol. The maximum absolute atomic E-state index is 5.73. The van der Waals surface area contributed by atoms with Crippen molar-refractivity contribution in [3.63, 3.8) is 0 Å². The Morgan fingerprint density at radius 1 is 1.22 bits per heavy atom. The van der Waals surface area contributed by atoms with E-state index in [1.54, 1.807) is 0 Å². The first-order valence-electron chi connectivity index (χ1n) is 7.11. The topological polar surface area (TPSA) is 21.3 Å². The van der Waals surface area contributed by atoms with E-state index in [9.17, 15) is 0 Å². The molecule has 1 saturated carbocycles. The average Bonchev–Trinajstić information content (AvgIpc) is 3.14. The van der Waals surface area contributed by atoms with Crippen molar-refractivity contribution >= 4 is 0 Å². The van der Waals surface area contributed by atoms with Crippen LogP contribution in [0, 0.1) is 5.41 Å². The molecule has 1 aromatic rings. The number of hydrogen-bond acceptors (Lipinski definition) is 2. The Bertz CT molecular complexity index is 343. The van der Waals surface area contributed by atoms with Crippen LogP contribution < -0.4 is 10.1 Å². The molecule has 0 aliphatic heterocycles. The van der Waals surface area contributed by atoms with Gasteiger partial charge < -0.3 is 10.1 Å². The van der Waals surface area contributed by atoms with E-state index in [0.717, 1.165) is 18.8 Å². The van der Waals surface area contributed by atoms with Gasteiger partial charge in [0.05, 0.1) is 6.61 Å². The summed E-state index contributed by atoms with van der Waals surface area (Å²) in [6.45, 7) is 6.45. The minimum atomic E-state index is 0.588. The summed E-state index contributed by atoms with van der Waals surface area (Å²) >= 11 is 0. The Hall–Kier alpha value is -1.02. The van der Waals surface area contributed by atoms with Crippen molar-refractivity contribution in [2.45, 2.75) is 45.6 Å². The summed E-state index contributed by atoms with van der Waals surface area (Å²) in [6, 6.07) is 10.7. The van der Waals surface area contributed by atoms with Gasteiger partial charge in [0, 0.05) is 12.6 Å². The second-order valence-electron chi connectivity index (χ2n) is 5.80. The minimum absolute atomic E-state index is 0.588. The summed E-state index contributed by atoms with van der Waals surface area (Å²) in [5, 5.41) is 3.57. The molecule has 0 heterocycles. The van der Waals surface area contributed by atoms with Crippen LogP contribution in [0.4, 0.5) is 0 Å². The van der Waals surface area contributed by atoms with Crippen LogP contribution in [0.5, 0.6) is 5.75 Å². The number of ether oxygens (including phenoxy) is 1. The zero-order valence-corrected chi connectivity index (χ0v) is 11.6. The molecular weight excluding hydrogens is 222 g/mol. The van der Waals surface area contributed by atoms with Crippen molar-refractivity contribution in [1.82, 2.24) is 5.32 Å². The first kappa shape index (κ1) is 13.4. The number of benzene rings is 1. The highest BCUT2D eigenvalue weighted by Crippen LogP contribution is 2.49. The molecule has 1 aliphatic rings. The Morgan fingerprint density at radius 2 is 1.94 bits per heavy atom. The molecule has 18 heavy (non-hydrogen) atoms. The third kappa shape index (κ3) is 4.34. The average molecular weight is 247 g/mol. The lowest BCUT2D eigenvalue weighted by Crippen LogP contribution is -2.30. The lowest BCUT2D eigenvalue weighted by atomic mass is 10.0. The van der Waals surface area contributed by atoms with Gasteiger partial charge in [0.1, 0.15) is 5.75 Å². The molecular formula is C16H25NO. The van der Waals surface area contributed by atoms with E-state index >= 15 is 0 Å². The molecule has 100 valence electrons. The van der Waals surface area contributed by atoms with Crippen molar-refractivity contribution in [2.24, 2.45) is 5.41 Å². The number of rotatable bonds is 8. The predicted octanol–water partition coefficient (Wildman–Crippen LogP) is 3.62. The maximum Gasteiger partial charge on any atom is 0.119 e. The quantitative estimate of drug-likeness (QED) is 0.708. The zero-order chi connectivity index (χ0) is 12.8. The normalized spacial score (nSPS) is 16.8. The van der Waals surface area contributed by atoms with E-state index < -0.39 is 0 Å². The Kier molecular flexibility index (Phi) is 4.65. The van der Waals surface area contributed by atoms with Gasteiger partial charge in [-0.05, 0) is 43.2 Å². The van der Waals surface area contributed by atoms with Gasteiger partial charge in [0.15, 0.2) is 0 Å². The molecule has 0 amide bonds. The fourth-order valence-electron chi connectivity index (χ4n) is 2.27. The largest absolute Gasteiger partial charge is 0.494 e. The molecule has 1 aliphatic carbocycles. The number of para-hydroxylation sites is 1. The number of hydrogen-bond donors (Lipinski definition) is 1. The molecule has 1 aromatic carbocycles. The Labute approximate surface area is 111 Å². The molecule has 2 nitrogen and oxygen atoms in total. The van der Waals surface area contributed by atoms with E-state index in [4.69, 9.17) is 4.74 Å². The second kappa shape index (κ2) is 6.24. The highest BCUT2D eigenvalue weighted by Gasteiger charge is 2.41. The van der Waals surface area contributed by atoms with Gasteiger partial charge in [0.25, 0.3) is 0 Å². The van der Waals surface area contributed by atoms with Crippen LogP contribution >= 0.6 is 0 Å². The summed E-state index contributed by atoms with van der Waals surface area (Å²) in [5.41, 5.74) is 0.588. The van der Waals surface area contributed by atoms with E-state index in [0.29, 0.717) is 11.5 Å². The third-order valence-corrected chi connectivity index (χ3v) is 3.71. The SMILES string of the molecule is CC(C)NCC1(CCCOc2ccccc2)CC1. The van der Waals surface area contributed by atoms with Crippen molar-refractivity contribution in [3.8, 4) is 5.75 Å². The Morgan fingerprint density at radius 3 is 2.56 bits per heavy atom. The molecule has 0 spiro atoms. The van der Waals surface area contributed by atoms with E-state index in [-0.39, 0.29) is 0 Å². The van der Waals surface area contributed by atoms with E-state index in [1.807, 2.05) is 30.3 Å². The van der Waals surface area contributed by atoms with Gasteiger partial charge in [-0.15, -0.1) is 0 Å². The standard InChI is InChI=1S/C16H25NO/c1-14(2)17-13-16(10-11-16)9-6-12-18-15-7-4-3-5-8-15/h3-5,7-8,14,17H,6,9-13H2,1-2H3. The van der Waals surface area contributed by atoms with Gasteiger partial charge in [-0.2, -0.15) is 0 Å². The molecule has 1 N–H and O–H groups in total. The fourth-order valence-corrected chi connectivity index (χ4v) is 2.27. The summed E-state index contributed by atoms with van der Waals surface area (Å²) in [4.78, 5) is 0. The molecule has 1 fully saturated rings. The van der Waals surface area contributed by atoms with E-state index in [1.165, 1.54) is 25.8 Å². The smallest absolute Gasteiger partial charge is 0.119 e. The highest BCUT2D eigenvalue weighted by atomic mass is 16.5. The molecule has 2 heteroatoms. The van der Waals surface area contributed by atoms with Crippen LogP contribution in [-0.2, 0) is 0 Å². The van der Waals surface area contributed by atoms with Gasteiger partial charge in [0.2, 0.25) is 0 Å². The van der Waals surface area contributed by atoms with Crippen LogP contribution in [0.15, 0.2) is 30.3 Å². The minimum Gasteiger partial charge on any atom is -0.494 e. The van der Waals surface area contributed by atoms with Gasteiger partial charge in [-0.3, -0.25) is 0 Å². The van der Waals surface area contributed by atoms with Crippen molar-refractivity contribution in [1.29, 1.82) is 0 Å². The summed E-state index contributed by atoms with van der Waals surface area (Å²) in [5.74, 6) is 0.989. The molecule has 0 saturated heterocycles. The van der Waals surface area contributed by atoms with E-state index in [2.05, 4.69) is 19.2 Å². The number of nitrogens with one attached hydrogen (secondary N) is 1. The Balaban J connectivity index is 1.61. The molecule has 0 radical (unpaired) electrons. The van der Waals surface area contributed by atoms with Crippen LogP contribution in [0.2, 0.25) is 0 Å². The zero-order valence-electron chi connectivity index (χ0n) is 11.6. The molecule has 0 unspecified atom stereocenters. The first-order chi connectivity index (χ1) is 8.70. The van der Waals surface area contributed by atoms with Crippen LogP contribution in [0.25, 0.3) is 0 Å². The molecule has 0 aromatic heterocycles. The van der Waals surface area contributed by atoms with Crippen molar-refractivity contribution in [2.75, 3.05) is 13.2 Å². The summed E-state index contributed by atoms with van der Waals surface area (Å²) < 4.78 is 5.73. The second-order valence-corrected chi connectivity index (χ2v) is 5.80. The highest BCUT2D eigenvalue weighted by molar-refractivity contribution is 5.20. The lowest BCUT2D eigenvalue weighted by Gasteiger charge is -2.18. The fraction of sp³-hybridized carbons (Fsp3) is 0.625. The first-order valence-corrected chi connectivity index (χ1v) is 7.11. The molecule has 0 bridgehead atoms. The van der Waals surface area contributed by atoms with Gasteiger partial charge in [-0.25, -0.2) is 0 Å². The molecule has 0 atom stereocenters. The summed E-state index contributed by atoms with van der Waals surface area (Å²) in [7, 11) is 0. The lowest BCUT2D eigenvalue weighted by molar-refractivity contribution is 0.282. The molecule has 2 rings (SSSR count). The van der Waals surface area contributed by atoms with Crippen LogP contribution in [0.1, 0.15) is 39.5 Å². The monoisotopic (exact) mass is 247 g/mol. The van der Waals surface area contributed by atoms with Gasteiger partial charge >= 0.3 is 0 Å². The van der Waals surface area contributed by atoms with Crippen molar-refractivity contribution < 1.29 is 4.74 Å². The van der Waals surface area contributed by atoms with Crippen LogP contribution in [-0.4, -0.2) is 19.2 Å².